The molecule has 4 aromatic rings. The van der Waals surface area contributed by atoms with Crippen LogP contribution in [-0.4, -0.2) is 18.1 Å². The molecule has 32 heavy (non-hydrogen) atoms. The van der Waals surface area contributed by atoms with Gasteiger partial charge < -0.3 is 4.74 Å². The molecule has 0 atom stereocenters. The molecule has 0 saturated carbocycles. The molecule has 0 fully saturated rings. The van der Waals surface area contributed by atoms with Crippen molar-refractivity contribution < 1.29 is 14.3 Å². The summed E-state index contributed by atoms with van der Waals surface area (Å²) < 4.78 is 5.71. The molecule has 4 aromatic carbocycles. The van der Waals surface area contributed by atoms with Crippen LogP contribution in [0.15, 0.2) is 90.0 Å². The Labute approximate surface area is 186 Å². The summed E-state index contributed by atoms with van der Waals surface area (Å²) in [5, 5.41) is 5.95. The van der Waals surface area contributed by atoms with Crippen LogP contribution in [0.25, 0.3) is 10.8 Å². The Balaban J connectivity index is 1.62. The molecule has 0 spiro atoms. The zero-order valence-corrected chi connectivity index (χ0v) is 17.8. The molecule has 0 saturated heterocycles. The van der Waals surface area contributed by atoms with E-state index in [-0.39, 0.29) is 5.91 Å². The number of amides is 1. The first-order valence-electron chi connectivity index (χ1n) is 10.2. The minimum atomic E-state index is -0.456. The van der Waals surface area contributed by atoms with Gasteiger partial charge in [0.1, 0.15) is 5.75 Å². The Morgan fingerprint density at radius 2 is 1.59 bits per heavy atom. The van der Waals surface area contributed by atoms with Crippen LogP contribution in [0.2, 0.25) is 0 Å². The Bertz CT molecular complexity index is 1320. The van der Waals surface area contributed by atoms with Crippen molar-refractivity contribution in [3.63, 3.8) is 0 Å². The second-order valence-corrected chi connectivity index (χ2v) is 7.52. The molecule has 1 amide bonds. The zero-order valence-electron chi connectivity index (χ0n) is 17.8. The maximum Gasteiger partial charge on any atom is 0.343 e. The highest BCUT2D eigenvalue weighted by atomic mass is 16.5. The third-order valence-electron chi connectivity index (χ3n) is 5.06. The lowest BCUT2D eigenvalue weighted by molar-refractivity contribution is 0.0734. The second kappa shape index (κ2) is 9.27. The molecular formula is C27H22N2O3. The molecule has 0 aliphatic rings. The summed E-state index contributed by atoms with van der Waals surface area (Å²) in [5.74, 6) is -0.411. The van der Waals surface area contributed by atoms with Crippen LogP contribution in [0, 0.1) is 13.8 Å². The van der Waals surface area contributed by atoms with Crippen LogP contribution < -0.4 is 10.2 Å². The van der Waals surface area contributed by atoms with E-state index in [9.17, 15) is 9.59 Å². The molecule has 0 aliphatic heterocycles. The Morgan fingerprint density at radius 1 is 0.812 bits per heavy atom. The zero-order chi connectivity index (χ0) is 22.5. The molecule has 1 N–H and O–H groups in total. The monoisotopic (exact) mass is 422 g/mol. The van der Waals surface area contributed by atoms with Crippen molar-refractivity contribution in [2.75, 3.05) is 0 Å². The Kier molecular flexibility index (Phi) is 6.08. The number of carbonyl (C=O) groups excluding carboxylic acids is 2. The lowest BCUT2D eigenvalue weighted by Gasteiger charge is -2.11. The minimum absolute atomic E-state index is 0.320. The van der Waals surface area contributed by atoms with Crippen molar-refractivity contribution in [2.45, 2.75) is 13.8 Å². The normalized spacial score (nSPS) is 10.9. The highest BCUT2D eigenvalue weighted by molar-refractivity contribution is 6.04. The minimum Gasteiger partial charge on any atom is -0.422 e. The van der Waals surface area contributed by atoms with Gasteiger partial charge in [0, 0.05) is 11.1 Å². The van der Waals surface area contributed by atoms with Crippen LogP contribution in [0.1, 0.15) is 37.4 Å². The number of esters is 1. The van der Waals surface area contributed by atoms with Gasteiger partial charge in [-0.25, -0.2) is 10.2 Å². The first-order valence-corrected chi connectivity index (χ1v) is 10.2. The van der Waals surface area contributed by atoms with Gasteiger partial charge in [-0.1, -0.05) is 65.7 Å². The number of hydrazone groups is 1. The van der Waals surface area contributed by atoms with Crippen molar-refractivity contribution in [3.05, 3.63) is 113 Å². The van der Waals surface area contributed by atoms with Crippen molar-refractivity contribution in [1.29, 1.82) is 0 Å². The highest BCUT2D eigenvalue weighted by Gasteiger charge is 2.14. The standard InChI is InChI=1S/C27H22N2O3/c1-18-10-12-21(13-11-18)26(30)29-28-17-24-23-9-4-3-7-20(23)14-15-25(24)32-27(31)22-8-5-6-19(2)16-22/h3-17H,1-2H3,(H,29,30)/b28-17-. The van der Waals surface area contributed by atoms with Crippen LogP contribution in [-0.2, 0) is 0 Å². The molecular weight excluding hydrogens is 400 g/mol. The topological polar surface area (TPSA) is 67.8 Å². The fraction of sp³-hybridized carbons (Fsp3) is 0.0741. The van der Waals surface area contributed by atoms with E-state index < -0.39 is 5.97 Å². The quantitative estimate of drug-likeness (QED) is 0.202. The average molecular weight is 422 g/mol. The first kappa shape index (κ1) is 21.0. The molecule has 0 radical (unpaired) electrons. The van der Waals surface area contributed by atoms with Gasteiger partial charge in [-0.15, -0.1) is 0 Å². The van der Waals surface area contributed by atoms with Crippen molar-refractivity contribution in [3.8, 4) is 5.75 Å². The molecule has 0 aliphatic carbocycles. The first-order chi connectivity index (χ1) is 15.5. The molecule has 158 valence electrons. The number of nitrogens with one attached hydrogen (secondary N) is 1. The van der Waals surface area contributed by atoms with Crippen LogP contribution in [0.4, 0.5) is 0 Å². The summed E-state index contributed by atoms with van der Waals surface area (Å²) >= 11 is 0. The Morgan fingerprint density at radius 3 is 2.38 bits per heavy atom. The molecule has 4 rings (SSSR count). The van der Waals surface area contributed by atoms with Gasteiger partial charge in [0.15, 0.2) is 0 Å². The summed E-state index contributed by atoms with van der Waals surface area (Å²) in [6.45, 7) is 3.88. The van der Waals surface area contributed by atoms with Gasteiger partial charge in [0.2, 0.25) is 0 Å². The van der Waals surface area contributed by atoms with E-state index in [0.717, 1.165) is 21.9 Å². The number of ether oxygens (including phenoxy) is 1. The van der Waals surface area contributed by atoms with Crippen molar-refractivity contribution in [2.24, 2.45) is 5.10 Å². The summed E-state index contributed by atoms with van der Waals surface area (Å²) in [7, 11) is 0. The Hall–Kier alpha value is -4.25. The number of hydrogen-bond donors (Lipinski definition) is 1. The predicted molar refractivity (Wildman–Crippen MR) is 126 cm³/mol. The number of rotatable bonds is 5. The number of aryl methyl sites for hydroxylation is 2. The average Bonchev–Trinajstić information content (AvgIpc) is 2.80. The summed E-state index contributed by atoms with van der Waals surface area (Å²) in [6, 6.07) is 25.8. The smallest absolute Gasteiger partial charge is 0.343 e. The fourth-order valence-corrected chi connectivity index (χ4v) is 3.35. The largest absolute Gasteiger partial charge is 0.422 e. The van der Waals surface area contributed by atoms with Crippen molar-refractivity contribution >= 4 is 28.9 Å². The SMILES string of the molecule is Cc1ccc(C(=O)N/N=C\c2c(OC(=O)c3cccc(C)c3)ccc3ccccc23)cc1. The lowest BCUT2D eigenvalue weighted by atomic mass is 10.0. The molecule has 0 heterocycles. The van der Waals surface area contributed by atoms with Gasteiger partial charge in [-0.2, -0.15) is 5.10 Å². The summed E-state index contributed by atoms with van der Waals surface area (Å²) in [5.41, 5.74) is 6.16. The molecule has 0 aromatic heterocycles. The third-order valence-corrected chi connectivity index (χ3v) is 5.06. The van der Waals surface area contributed by atoms with Crippen molar-refractivity contribution in [1.82, 2.24) is 5.43 Å². The van der Waals surface area contributed by atoms with E-state index in [0.29, 0.717) is 22.4 Å². The molecule has 0 unspecified atom stereocenters. The van der Waals surface area contributed by atoms with Gasteiger partial charge >= 0.3 is 5.97 Å². The maximum absolute atomic E-state index is 12.7. The van der Waals surface area contributed by atoms with Crippen LogP contribution in [0.5, 0.6) is 5.75 Å². The molecule has 5 heteroatoms. The number of benzene rings is 4. The number of fused-ring (bicyclic) bond motifs is 1. The summed E-state index contributed by atoms with van der Waals surface area (Å²) in [6.07, 6.45) is 1.51. The summed E-state index contributed by atoms with van der Waals surface area (Å²) in [4.78, 5) is 25.1. The maximum atomic E-state index is 12.7. The molecule has 0 bridgehead atoms. The van der Waals surface area contributed by atoms with E-state index in [2.05, 4.69) is 10.5 Å². The predicted octanol–water partition coefficient (Wildman–Crippen LogP) is 5.44. The van der Waals surface area contributed by atoms with E-state index in [4.69, 9.17) is 4.74 Å². The molecule has 5 nitrogen and oxygen atoms in total. The second-order valence-electron chi connectivity index (χ2n) is 7.52. The number of hydrogen-bond acceptors (Lipinski definition) is 4. The van der Waals surface area contributed by atoms with E-state index in [1.807, 2.05) is 68.4 Å². The van der Waals surface area contributed by atoms with Gasteiger partial charge in [-0.05, 0) is 55.0 Å². The van der Waals surface area contributed by atoms with Crippen LogP contribution in [0.3, 0.4) is 0 Å². The number of carbonyl (C=O) groups is 2. The van der Waals surface area contributed by atoms with Gasteiger partial charge in [-0.3, -0.25) is 4.79 Å². The van der Waals surface area contributed by atoms with E-state index in [1.54, 1.807) is 30.3 Å². The highest BCUT2D eigenvalue weighted by Crippen LogP contribution is 2.27. The third kappa shape index (κ3) is 4.73. The lowest BCUT2D eigenvalue weighted by Crippen LogP contribution is -2.17. The van der Waals surface area contributed by atoms with E-state index >= 15 is 0 Å². The van der Waals surface area contributed by atoms with Gasteiger partial charge in [0.05, 0.1) is 11.8 Å². The fourth-order valence-electron chi connectivity index (χ4n) is 3.35. The van der Waals surface area contributed by atoms with Crippen LogP contribution >= 0.6 is 0 Å². The van der Waals surface area contributed by atoms with Gasteiger partial charge in [0.25, 0.3) is 5.91 Å². The number of nitrogens with zero attached hydrogens (tertiary/aromatic N) is 1. The van der Waals surface area contributed by atoms with E-state index in [1.165, 1.54) is 6.21 Å².